The maximum Gasteiger partial charge on any atom is 0.197 e. The zero-order valence-corrected chi connectivity index (χ0v) is 11.9. The van der Waals surface area contributed by atoms with Crippen molar-refractivity contribution in [1.82, 2.24) is 15.5 Å². The van der Waals surface area contributed by atoms with Crippen LogP contribution in [0.2, 0.25) is 0 Å². The van der Waals surface area contributed by atoms with Crippen LogP contribution in [0, 0.1) is 12.8 Å². The van der Waals surface area contributed by atoms with Gasteiger partial charge >= 0.3 is 0 Å². The molecule has 2 rings (SSSR count). The first-order chi connectivity index (χ1) is 8.08. The lowest BCUT2D eigenvalue weighted by atomic mass is 10.0. The van der Waals surface area contributed by atoms with Crippen molar-refractivity contribution in [3.05, 3.63) is 17.8 Å². The number of hydrogen-bond donors (Lipinski definition) is 1. The average Bonchev–Trinajstić information content (AvgIpc) is 2.30. The van der Waals surface area contributed by atoms with Crippen LogP contribution < -0.4 is 5.32 Å². The van der Waals surface area contributed by atoms with Gasteiger partial charge in [-0.3, -0.25) is 0 Å². The van der Waals surface area contributed by atoms with Gasteiger partial charge in [0.05, 0.1) is 11.4 Å². The van der Waals surface area contributed by atoms with E-state index in [1.807, 2.05) is 0 Å². The Labute approximate surface area is 114 Å². The van der Waals surface area contributed by atoms with Gasteiger partial charge in [0.1, 0.15) is 0 Å². The summed E-state index contributed by atoms with van der Waals surface area (Å²) in [6, 6.07) is 3.22. The molecule has 0 radical (unpaired) electrons. The van der Waals surface area contributed by atoms with E-state index in [0.717, 1.165) is 31.6 Å². The zero-order chi connectivity index (χ0) is 12.3. The fourth-order valence-electron chi connectivity index (χ4n) is 2.00. The summed E-state index contributed by atoms with van der Waals surface area (Å²) in [4.78, 5) is 0. The summed E-state index contributed by atoms with van der Waals surface area (Å²) in [6.45, 7) is 3.59. The van der Waals surface area contributed by atoms with Gasteiger partial charge in [-0.25, -0.2) is 8.42 Å². The van der Waals surface area contributed by atoms with E-state index in [4.69, 9.17) is 0 Å². The van der Waals surface area contributed by atoms with E-state index in [2.05, 4.69) is 15.5 Å². The number of piperidine rings is 1. The van der Waals surface area contributed by atoms with Gasteiger partial charge in [0, 0.05) is 0 Å². The van der Waals surface area contributed by atoms with Crippen LogP contribution >= 0.6 is 12.4 Å². The summed E-state index contributed by atoms with van der Waals surface area (Å²) in [5, 5.41) is 10.9. The quantitative estimate of drug-likeness (QED) is 0.899. The molecule has 0 spiro atoms. The maximum absolute atomic E-state index is 12.1. The highest BCUT2D eigenvalue weighted by Crippen LogP contribution is 2.18. The molecule has 1 saturated heterocycles. The normalized spacial score (nSPS) is 17.2. The van der Waals surface area contributed by atoms with Gasteiger partial charge < -0.3 is 5.32 Å². The first-order valence-corrected chi connectivity index (χ1v) is 7.47. The lowest BCUT2D eigenvalue weighted by molar-refractivity contribution is 0.401. The molecular formula is C11H18ClN3O2S. The molecule has 0 aromatic carbocycles. The first-order valence-electron chi connectivity index (χ1n) is 5.82. The van der Waals surface area contributed by atoms with Crippen LogP contribution in [-0.4, -0.2) is 37.5 Å². The van der Waals surface area contributed by atoms with Crippen LogP contribution in [-0.2, 0) is 9.84 Å². The zero-order valence-electron chi connectivity index (χ0n) is 10.3. The molecule has 2 heterocycles. The van der Waals surface area contributed by atoms with Gasteiger partial charge in [-0.2, -0.15) is 5.10 Å². The number of aryl methyl sites for hydroxylation is 1. The number of hydrogen-bond acceptors (Lipinski definition) is 5. The van der Waals surface area contributed by atoms with Gasteiger partial charge in [0.15, 0.2) is 14.9 Å². The number of rotatable bonds is 3. The fourth-order valence-corrected chi connectivity index (χ4v) is 3.56. The molecule has 0 unspecified atom stereocenters. The minimum absolute atomic E-state index is 0. The molecule has 0 amide bonds. The highest BCUT2D eigenvalue weighted by atomic mass is 35.5. The highest BCUT2D eigenvalue weighted by Gasteiger charge is 2.24. The van der Waals surface area contributed by atoms with Crippen molar-refractivity contribution in [2.75, 3.05) is 18.8 Å². The summed E-state index contributed by atoms with van der Waals surface area (Å²) in [6.07, 6.45) is 1.83. The van der Waals surface area contributed by atoms with Crippen molar-refractivity contribution in [3.8, 4) is 0 Å². The lowest BCUT2D eigenvalue weighted by Gasteiger charge is -2.21. The van der Waals surface area contributed by atoms with Gasteiger partial charge in [-0.15, -0.1) is 17.5 Å². The molecule has 1 N–H and O–H groups in total. The molecule has 0 atom stereocenters. The molecule has 0 saturated carbocycles. The second-order valence-corrected chi connectivity index (χ2v) is 6.47. The van der Waals surface area contributed by atoms with Crippen molar-refractivity contribution in [2.24, 2.45) is 5.92 Å². The number of sulfone groups is 1. The van der Waals surface area contributed by atoms with Crippen molar-refractivity contribution in [3.63, 3.8) is 0 Å². The minimum Gasteiger partial charge on any atom is -0.317 e. The Balaban J connectivity index is 0.00000162. The Hall–Kier alpha value is -0.720. The molecule has 18 heavy (non-hydrogen) atoms. The molecule has 1 aliphatic heterocycles. The molecule has 7 heteroatoms. The molecule has 1 fully saturated rings. The molecule has 1 aromatic heterocycles. The summed E-state index contributed by atoms with van der Waals surface area (Å²) in [7, 11) is -3.28. The average molecular weight is 292 g/mol. The summed E-state index contributed by atoms with van der Waals surface area (Å²) >= 11 is 0. The topological polar surface area (TPSA) is 72.0 Å². The Morgan fingerprint density at radius 2 is 1.94 bits per heavy atom. The number of nitrogens with one attached hydrogen (secondary N) is 1. The van der Waals surface area contributed by atoms with Crippen LogP contribution in [0.3, 0.4) is 0 Å². The molecule has 5 nitrogen and oxygen atoms in total. The van der Waals surface area contributed by atoms with Crippen LogP contribution in [0.5, 0.6) is 0 Å². The van der Waals surface area contributed by atoms with E-state index in [0.29, 0.717) is 0 Å². The predicted octanol–water partition coefficient (Wildman–Crippen LogP) is 0.980. The van der Waals surface area contributed by atoms with Crippen LogP contribution in [0.15, 0.2) is 17.2 Å². The molecule has 0 aliphatic carbocycles. The van der Waals surface area contributed by atoms with E-state index in [1.54, 1.807) is 19.1 Å². The highest BCUT2D eigenvalue weighted by molar-refractivity contribution is 7.91. The van der Waals surface area contributed by atoms with E-state index < -0.39 is 9.84 Å². The van der Waals surface area contributed by atoms with Gasteiger partial charge in [0.25, 0.3) is 0 Å². The summed E-state index contributed by atoms with van der Waals surface area (Å²) in [5.74, 6) is 0.427. The largest absolute Gasteiger partial charge is 0.317 e. The standard InChI is InChI=1S/C11H17N3O2S.ClH/c1-9-2-3-11(14-13-9)17(15,16)8-10-4-6-12-7-5-10;/h2-3,10,12H,4-8H2,1H3;1H. The predicted molar refractivity (Wildman–Crippen MR) is 71.7 cm³/mol. The monoisotopic (exact) mass is 291 g/mol. The Bertz CT molecular complexity index is 470. The molecule has 1 aliphatic rings. The second kappa shape index (κ2) is 6.45. The van der Waals surface area contributed by atoms with Gasteiger partial charge in [0.2, 0.25) is 0 Å². The van der Waals surface area contributed by atoms with Crippen LogP contribution in [0.1, 0.15) is 18.5 Å². The number of nitrogens with zero attached hydrogens (tertiary/aromatic N) is 2. The number of aromatic nitrogens is 2. The van der Waals surface area contributed by atoms with E-state index in [1.165, 1.54) is 0 Å². The van der Waals surface area contributed by atoms with E-state index in [-0.39, 0.29) is 29.1 Å². The Morgan fingerprint density at radius 3 is 2.50 bits per heavy atom. The smallest absolute Gasteiger partial charge is 0.197 e. The summed E-state index contributed by atoms with van der Waals surface area (Å²) < 4.78 is 24.2. The third-order valence-electron chi connectivity index (χ3n) is 3.01. The van der Waals surface area contributed by atoms with E-state index in [9.17, 15) is 8.42 Å². The summed E-state index contributed by atoms with van der Waals surface area (Å²) in [5.41, 5.74) is 0.728. The van der Waals surface area contributed by atoms with E-state index >= 15 is 0 Å². The maximum atomic E-state index is 12.1. The number of halogens is 1. The minimum atomic E-state index is -3.28. The Morgan fingerprint density at radius 1 is 1.28 bits per heavy atom. The van der Waals surface area contributed by atoms with Crippen molar-refractivity contribution in [1.29, 1.82) is 0 Å². The van der Waals surface area contributed by atoms with Crippen LogP contribution in [0.4, 0.5) is 0 Å². The van der Waals surface area contributed by atoms with Crippen molar-refractivity contribution in [2.45, 2.75) is 24.8 Å². The second-order valence-electron chi connectivity index (χ2n) is 4.49. The fraction of sp³-hybridized carbons (Fsp3) is 0.636. The van der Waals surface area contributed by atoms with Crippen molar-refractivity contribution < 1.29 is 8.42 Å². The SMILES string of the molecule is Cc1ccc(S(=O)(=O)CC2CCNCC2)nn1.Cl. The molecular weight excluding hydrogens is 274 g/mol. The van der Waals surface area contributed by atoms with Gasteiger partial charge in [-0.05, 0) is 50.9 Å². The Kier molecular flexibility index (Phi) is 5.49. The van der Waals surface area contributed by atoms with Gasteiger partial charge in [-0.1, -0.05) is 0 Å². The van der Waals surface area contributed by atoms with Crippen molar-refractivity contribution >= 4 is 22.2 Å². The third kappa shape index (κ3) is 3.90. The lowest BCUT2D eigenvalue weighted by Crippen LogP contribution is -2.31. The first kappa shape index (κ1) is 15.3. The molecule has 0 bridgehead atoms. The van der Waals surface area contributed by atoms with Crippen LogP contribution in [0.25, 0.3) is 0 Å². The molecule has 102 valence electrons. The third-order valence-corrected chi connectivity index (χ3v) is 4.77. The molecule has 1 aromatic rings.